The predicted octanol–water partition coefficient (Wildman–Crippen LogP) is 3.09. The Morgan fingerprint density at radius 2 is 2.14 bits per heavy atom. The zero-order valence-electron chi connectivity index (χ0n) is 13.1. The lowest BCUT2D eigenvalue weighted by atomic mass is 9.95. The smallest absolute Gasteiger partial charge is 0.317 e. The first kappa shape index (κ1) is 16.3. The van der Waals surface area contributed by atoms with Crippen LogP contribution in [0.1, 0.15) is 32.3 Å². The third-order valence-electron chi connectivity index (χ3n) is 3.90. The molecule has 2 amide bonds. The van der Waals surface area contributed by atoms with Crippen LogP contribution in [0.3, 0.4) is 0 Å². The molecule has 1 atom stereocenters. The molecule has 4 nitrogen and oxygen atoms in total. The zero-order valence-corrected chi connectivity index (χ0v) is 13.1. The molecular weight excluding hydrogens is 281 g/mol. The van der Waals surface area contributed by atoms with Crippen molar-refractivity contribution >= 4 is 6.03 Å². The summed E-state index contributed by atoms with van der Waals surface area (Å²) in [5, 5.41) is 12.0. The van der Waals surface area contributed by atoms with E-state index in [2.05, 4.69) is 11.4 Å². The molecule has 0 bridgehead atoms. The van der Waals surface area contributed by atoms with E-state index in [4.69, 9.17) is 5.26 Å². The van der Waals surface area contributed by atoms with Crippen molar-refractivity contribution in [2.75, 3.05) is 13.1 Å². The average molecular weight is 303 g/mol. The Bertz CT molecular complexity index is 562. The molecule has 0 radical (unpaired) electrons. The van der Waals surface area contributed by atoms with Gasteiger partial charge in [-0.3, -0.25) is 0 Å². The van der Waals surface area contributed by atoms with Crippen molar-refractivity contribution in [2.45, 2.75) is 38.6 Å². The summed E-state index contributed by atoms with van der Waals surface area (Å²) in [5.74, 6) is -0.332. The number of benzene rings is 1. The molecule has 22 heavy (non-hydrogen) atoms. The minimum Gasteiger partial charge on any atom is -0.333 e. The second-order valence-electron chi connectivity index (χ2n) is 6.53. The van der Waals surface area contributed by atoms with Crippen molar-refractivity contribution in [2.24, 2.45) is 5.92 Å². The number of carbonyl (C=O) groups excluding carboxylic acids is 1. The number of amides is 2. The summed E-state index contributed by atoms with van der Waals surface area (Å²) in [5.41, 5.74) is 0.536. The third kappa shape index (κ3) is 4.45. The van der Waals surface area contributed by atoms with Gasteiger partial charge in [-0.25, -0.2) is 9.18 Å². The van der Waals surface area contributed by atoms with Crippen molar-refractivity contribution in [1.29, 1.82) is 5.26 Å². The van der Waals surface area contributed by atoms with E-state index in [1.807, 2.05) is 13.8 Å². The number of hydrogen-bond donors (Lipinski definition) is 1. The number of hydrogen-bond acceptors (Lipinski definition) is 2. The molecule has 2 rings (SSSR count). The van der Waals surface area contributed by atoms with E-state index in [1.165, 1.54) is 12.1 Å². The van der Waals surface area contributed by atoms with Gasteiger partial charge in [-0.15, -0.1) is 0 Å². The summed E-state index contributed by atoms with van der Waals surface area (Å²) in [6.07, 6.45) is 2.35. The molecule has 1 unspecified atom stereocenters. The zero-order chi connectivity index (χ0) is 16.2. The molecule has 0 aromatic heterocycles. The van der Waals surface area contributed by atoms with Gasteiger partial charge in [0.15, 0.2) is 0 Å². The van der Waals surface area contributed by atoms with Gasteiger partial charge >= 0.3 is 6.03 Å². The van der Waals surface area contributed by atoms with E-state index in [-0.39, 0.29) is 17.8 Å². The van der Waals surface area contributed by atoms with Gasteiger partial charge in [0.25, 0.3) is 0 Å². The first-order valence-corrected chi connectivity index (χ1v) is 7.61. The van der Waals surface area contributed by atoms with Gasteiger partial charge < -0.3 is 10.2 Å². The Kier molecular flexibility index (Phi) is 5.02. The maximum absolute atomic E-state index is 12.9. The molecule has 1 fully saturated rings. The number of halogens is 1. The fraction of sp³-hybridized carbons (Fsp3) is 0.529. The fourth-order valence-electron chi connectivity index (χ4n) is 2.79. The number of nitrogens with one attached hydrogen (secondary N) is 1. The number of nitriles is 1. The topological polar surface area (TPSA) is 56.1 Å². The summed E-state index contributed by atoms with van der Waals surface area (Å²) < 4.78 is 12.9. The highest BCUT2D eigenvalue weighted by molar-refractivity contribution is 5.75. The molecule has 5 heteroatoms. The van der Waals surface area contributed by atoms with Gasteiger partial charge in [-0.05, 0) is 50.8 Å². The quantitative estimate of drug-likeness (QED) is 0.933. The summed E-state index contributed by atoms with van der Waals surface area (Å²) in [4.78, 5) is 14.1. The van der Waals surface area contributed by atoms with Crippen LogP contribution in [0.25, 0.3) is 0 Å². The number of rotatable bonds is 3. The highest BCUT2D eigenvalue weighted by Crippen LogP contribution is 2.18. The van der Waals surface area contributed by atoms with E-state index in [0.717, 1.165) is 18.4 Å². The SMILES string of the molecule is CC(C)(Cc1ccc(F)cc1)NC(=O)N1CCCC(C#N)C1. The van der Waals surface area contributed by atoms with Crippen LogP contribution in [0.15, 0.2) is 24.3 Å². The van der Waals surface area contributed by atoms with Crippen molar-refractivity contribution < 1.29 is 9.18 Å². The Morgan fingerprint density at radius 1 is 1.45 bits per heavy atom. The number of urea groups is 1. The molecular formula is C17H22FN3O. The highest BCUT2D eigenvalue weighted by atomic mass is 19.1. The number of likely N-dealkylation sites (tertiary alicyclic amines) is 1. The van der Waals surface area contributed by atoms with Crippen LogP contribution in [0.5, 0.6) is 0 Å². The van der Waals surface area contributed by atoms with Gasteiger partial charge in [0.2, 0.25) is 0 Å². The van der Waals surface area contributed by atoms with Crippen molar-refractivity contribution in [3.63, 3.8) is 0 Å². The summed E-state index contributed by atoms with van der Waals surface area (Å²) in [7, 11) is 0. The molecule has 1 aliphatic rings. The number of nitrogens with zero attached hydrogens (tertiary/aromatic N) is 2. The van der Waals surface area contributed by atoms with Gasteiger partial charge in [0.1, 0.15) is 5.82 Å². The van der Waals surface area contributed by atoms with Crippen molar-refractivity contribution in [3.8, 4) is 6.07 Å². The van der Waals surface area contributed by atoms with Crippen LogP contribution in [-0.2, 0) is 6.42 Å². The van der Waals surface area contributed by atoms with E-state index in [0.29, 0.717) is 19.5 Å². The first-order valence-electron chi connectivity index (χ1n) is 7.61. The summed E-state index contributed by atoms with van der Waals surface area (Å²) in [6.45, 7) is 5.07. The highest BCUT2D eigenvalue weighted by Gasteiger charge is 2.27. The molecule has 0 spiro atoms. The van der Waals surface area contributed by atoms with Gasteiger partial charge in [-0.2, -0.15) is 5.26 Å². The maximum Gasteiger partial charge on any atom is 0.317 e. The van der Waals surface area contributed by atoms with E-state index in [9.17, 15) is 9.18 Å². The summed E-state index contributed by atoms with van der Waals surface area (Å²) >= 11 is 0. The van der Waals surface area contributed by atoms with Crippen LogP contribution >= 0.6 is 0 Å². The molecule has 1 aromatic rings. The van der Waals surface area contributed by atoms with Crippen molar-refractivity contribution in [3.05, 3.63) is 35.6 Å². The lowest BCUT2D eigenvalue weighted by Gasteiger charge is -2.34. The second kappa shape index (κ2) is 6.78. The minimum absolute atomic E-state index is 0.0697. The average Bonchev–Trinajstić information content (AvgIpc) is 2.49. The number of piperidine rings is 1. The standard InChI is InChI=1S/C17H22FN3O/c1-17(2,10-13-5-7-15(18)8-6-13)20-16(22)21-9-3-4-14(11-19)12-21/h5-8,14H,3-4,9-10,12H2,1-2H3,(H,20,22). The predicted molar refractivity (Wildman–Crippen MR) is 82.6 cm³/mol. The molecule has 1 N–H and O–H groups in total. The fourth-order valence-corrected chi connectivity index (χ4v) is 2.79. The molecule has 1 aromatic carbocycles. The maximum atomic E-state index is 12.9. The molecule has 0 saturated carbocycles. The molecule has 118 valence electrons. The second-order valence-corrected chi connectivity index (χ2v) is 6.53. The Balaban J connectivity index is 1.94. The third-order valence-corrected chi connectivity index (χ3v) is 3.90. The minimum atomic E-state index is -0.436. The Labute approximate surface area is 130 Å². The Hall–Kier alpha value is -2.09. The molecule has 1 aliphatic heterocycles. The normalized spacial score (nSPS) is 18.6. The van der Waals surface area contributed by atoms with Crippen LogP contribution in [0.4, 0.5) is 9.18 Å². The van der Waals surface area contributed by atoms with Crippen LogP contribution in [0, 0.1) is 23.1 Å². The van der Waals surface area contributed by atoms with Crippen LogP contribution < -0.4 is 5.32 Å². The van der Waals surface area contributed by atoms with Gasteiger partial charge in [-0.1, -0.05) is 12.1 Å². The van der Waals surface area contributed by atoms with E-state index >= 15 is 0 Å². The monoisotopic (exact) mass is 303 g/mol. The first-order chi connectivity index (χ1) is 10.4. The van der Waals surface area contributed by atoms with Gasteiger partial charge in [0.05, 0.1) is 12.0 Å². The molecule has 0 aliphatic carbocycles. The number of carbonyl (C=O) groups is 1. The Morgan fingerprint density at radius 3 is 2.77 bits per heavy atom. The summed E-state index contributed by atoms with van der Waals surface area (Å²) in [6, 6.07) is 8.42. The molecule has 1 heterocycles. The van der Waals surface area contributed by atoms with E-state index < -0.39 is 5.54 Å². The van der Waals surface area contributed by atoms with Crippen molar-refractivity contribution in [1.82, 2.24) is 10.2 Å². The van der Waals surface area contributed by atoms with Crippen LogP contribution in [0.2, 0.25) is 0 Å². The molecule has 1 saturated heterocycles. The van der Waals surface area contributed by atoms with Gasteiger partial charge in [0, 0.05) is 18.6 Å². The largest absolute Gasteiger partial charge is 0.333 e. The van der Waals surface area contributed by atoms with E-state index in [1.54, 1.807) is 17.0 Å². The lowest BCUT2D eigenvalue weighted by molar-refractivity contribution is 0.166. The van der Waals surface area contributed by atoms with Crippen LogP contribution in [-0.4, -0.2) is 29.6 Å². The lowest BCUT2D eigenvalue weighted by Crippen LogP contribution is -2.53.